The van der Waals surface area contributed by atoms with Gasteiger partial charge < -0.3 is 24.2 Å². The molecule has 1 N–H and O–H groups in total. The zero-order valence-electron chi connectivity index (χ0n) is 17.0. The molecular weight excluding hydrogens is 447 g/mol. The molecule has 164 valence electrons. The van der Waals surface area contributed by atoms with E-state index in [9.17, 15) is 14.7 Å². The molecule has 2 aromatic rings. The Balaban J connectivity index is 2.27. The molecule has 0 aliphatic carbocycles. The second-order valence-electron chi connectivity index (χ2n) is 6.55. The number of ketones is 1. The largest absolute Gasteiger partial charge is 0.507 e. The number of aliphatic hydroxyl groups is 1. The molecule has 1 fully saturated rings. The van der Waals surface area contributed by atoms with Gasteiger partial charge >= 0.3 is 0 Å². The van der Waals surface area contributed by atoms with E-state index >= 15 is 0 Å². The van der Waals surface area contributed by atoms with Gasteiger partial charge in [-0.1, -0.05) is 23.2 Å². The Morgan fingerprint density at radius 2 is 1.77 bits per heavy atom. The predicted molar refractivity (Wildman–Crippen MR) is 115 cm³/mol. The van der Waals surface area contributed by atoms with E-state index in [-0.39, 0.29) is 45.8 Å². The summed E-state index contributed by atoms with van der Waals surface area (Å²) in [4.78, 5) is 31.1. The summed E-state index contributed by atoms with van der Waals surface area (Å²) in [5, 5.41) is 11.3. The highest BCUT2D eigenvalue weighted by molar-refractivity contribution is 6.47. The van der Waals surface area contributed by atoms with Gasteiger partial charge in [0.25, 0.3) is 11.7 Å². The highest BCUT2D eigenvalue weighted by Crippen LogP contribution is 2.47. The van der Waals surface area contributed by atoms with Crippen LogP contribution in [-0.4, -0.2) is 61.2 Å². The van der Waals surface area contributed by atoms with Crippen LogP contribution in [0.2, 0.25) is 10.0 Å². The second-order valence-corrected chi connectivity index (χ2v) is 7.34. The maximum absolute atomic E-state index is 13.0. The molecular formula is C21H20Cl2N2O6. The number of Topliss-reactive ketones (excluding diaryl/α,β-unsaturated/α-hetero) is 1. The number of pyridine rings is 1. The molecule has 1 unspecified atom stereocenters. The minimum Gasteiger partial charge on any atom is -0.507 e. The molecule has 1 saturated heterocycles. The van der Waals surface area contributed by atoms with Crippen molar-refractivity contribution in [3.8, 4) is 11.5 Å². The van der Waals surface area contributed by atoms with Crippen LogP contribution in [0.15, 0.2) is 36.2 Å². The lowest BCUT2D eigenvalue weighted by atomic mass is 9.95. The van der Waals surface area contributed by atoms with Gasteiger partial charge in [0, 0.05) is 26.0 Å². The molecule has 3 rings (SSSR count). The van der Waals surface area contributed by atoms with Crippen LogP contribution in [0.25, 0.3) is 5.76 Å². The predicted octanol–water partition coefficient (Wildman–Crippen LogP) is 3.47. The zero-order valence-corrected chi connectivity index (χ0v) is 18.5. The highest BCUT2D eigenvalue weighted by Gasteiger charge is 2.46. The molecule has 1 aliphatic rings. The summed E-state index contributed by atoms with van der Waals surface area (Å²) in [5.41, 5.74) is 0.529. The van der Waals surface area contributed by atoms with E-state index in [4.69, 9.17) is 37.4 Å². The van der Waals surface area contributed by atoms with E-state index in [0.29, 0.717) is 5.56 Å². The monoisotopic (exact) mass is 466 g/mol. The summed E-state index contributed by atoms with van der Waals surface area (Å²) in [6.07, 6.45) is 3.07. The summed E-state index contributed by atoms with van der Waals surface area (Å²) in [5.74, 6) is -1.87. The second kappa shape index (κ2) is 9.55. The number of carbonyl (C=O) groups is 2. The van der Waals surface area contributed by atoms with Gasteiger partial charge in [0.05, 0.1) is 43.0 Å². The van der Waals surface area contributed by atoms with Gasteiger partial charge in [0.15, 0.2) is 11.5 Å². The van der Waals surface area contributed by atoms with E-state index in [1.807, 2.05) is 0 Å². The number of aliphatic hydroxyl groups excluding tert-OH is 1. The third-order valence-corrected chi connectivity index (χ3v) is 5.52. The number of nitrogens with zero attached hydrogens (tertiary/aromatic N) is 2. The summed E-state index contributed by atoms with van der Waals surface area (Å²) in [6.45, 7) is 0.351. The van der Waals surface area contributed by atoms with Crippen LogP contribution in [0.1, 0.15) is 17.2 Å². The molecule has 0 radical (unpaired) electrons. The maximum Gasteiger partial charge on any atom is 0.295 e. The number of benzene rings is 1. The normalized spacial score (nSPS) is 17.8. The Kier molecular flexibility index (Phi) is 7.04. The average molecular weight is 467 g/mol. The lowest BCUT2D eigenvalue weighted by Crippen LogP contribution is -2.32. The van der Waals surface area contributed by atoms with Gasteiger partial charge in [0.1, 0.15) is 10.8 Å². The van der Waals surface area contributed by atoms with Crippen molar-refractivity contribution >= 4 is 40.7 Å². The first-order valence-corrected chi connectivity index (χ1v) is 9.90. The number of rotatable bonds is 7. The van der Waals surface area contributed by atoms with Crippen LogP contribution < -0.4 is 9.47 Å². The Morgan fingerprint density at radius 3 is 2.35 bits per heavy atom. The number of likely N-dealkylation sites (tertiary alicyclic amines) is 1. The molecule has 0 saturated carbocycles. The highest BCUT2D eigenvalue weighted by atomic mass is 35.5. The van der Waals surface area contributed by atoms with Crippen LogP contribution in [0.5, 0.6) is 11.5 Å². The zero-order chi connectivity index (χ0) is 22.7. The summed E-state index contributed by atoms with van der Waals surface area (Å²) in [6, 6.07) is 3.83. The Hall–Kier alpha value is -2.81. The fraction of sp³-hybridized carbons (Fsp3) is 0.286. The molecule has 2 heterocycles. The van der Waals surface area contributed by atoms with E-state index in [0.717, 1.165) is 0 Å². The number of carbonyl (C=O) groups excluding carboxylic acids is 2. The Morgan fingerprint density at radius 1 is 1.13 bits per heavy atom. The van der Waals surface area contributed by atoms with E-state index in [1.54, 1.807) is 12.1 Å². The molecule has 0 spiro atoms. The molecule has 8 nitrogen and oxygen atoms in total. The lowest BCUT2D eigenvalue weighted by Gasteiger charge is -2.25. The van der Waals surface area contributed by atoms with Gasteiger partial charge in [-0.15, -0.1) is 0 Å². The van der Waals surface area contributed by atoms with Crippen molar-refractivity contribution in [2.24, 2.45) is 0 Å². The van der Waals surface area contributed by atoms with Gasteiger partial charge in [-0.3, -0.25) is 14.6 Å². The van der Waals surface area contributed by atoms with E-state index < -0.39 is 23.5 Å². The van der Waals surface area contributed by atoms with Crippen molar-refractivity contribution in [1.82, 2.24) is 9.88 Å². The number of aromatic nitrogens is 1. The van der Waals surface area contributed by atoms with Gasteiger partial charge in [-0.25, -0.2) is 0 Å². The van der Waals surface area contributed by atoms with Gasteiger partial charge in [-0.05, 0) is 23.8 Å². The Bertz CT molecular complexity index is 1040. The van der Waals surface area contributed by atoms with Crippen molar-refractivity contribution in [2.75, 3.05) is 34.5 Å². The number of hydrogen-bond donors (Lipinski definition) is 1. The van der Waals surface area contributed by atoms with Crippen LogP contribution in [0.3, 0.4) is 0 Å². The number of amides is 1. The average Bonchev–Trinajstić information content (AvgIpc) is 3.02. The van der Waals surface area contributed by atoms with Crippen LogP contribution >= 0.6 is 23.2 Å². The van der Waals surface area contributed by atoms with Crippen LogP contribution in [0.4, 0.5) is 0 Å². The molecule has 1 aromatic heterocycles. The van der Waals surface area contributed by atoms with Crippen LogP contribution in [0, 0.1) is 0 Å². The maximum atomic E-state index is 13.0. The third-order valence-electron chi connectivity index (χ3n) is 4.89. The molecule has 1 amide bonds. The summed E-state index contributed by atoms with van der Waals surface area (Å²) in [7, 11) is 4.23. The first-order valence-electron chi connectivity index (χ1n) is 9.14. The smallest absolute Gasteiger partial charge is 0.295 e. The molecule has 0 bridgehead atoms. The van der Waals surface area contributed by atoms with Crippen molar-refractivity contribution in [3.63, 3.8) is 0 Å². The topological polar surface area (TPSA) is 98.2 Å². The quantitative estimate of drug-likeness (QED) is 0.378. The third kappa shape index (κ3) is 4.06. The standard InChI is InChI=1S/C21H20Cl2N2O6/c1-29-9-8-25-16(11-4-6-24-7-5-11)14(18(27)21(25)28)17(26)12-10-13(22)20(31-3)15(23)19(12)30-2/h4-7,10,16,26H,8-9H2,1-3H3/b17-14+. The fourth-order valence-electron chi connectivity index (χ4n) is 3.48. The van der Waals surface area contributed by atoms with Crippen LogP contribution in [-0.2, 0) is 14.3 Å². The molecule has 31 heavy (non-hydrogen) atoms. The molecule has 1 atom stereocenters. The first-order chi connectivity index (χ1) is 14.9. The molecule has 1 aliphatic heterocycles. The molecule has 1 aromatic carbocycles. The number of ether oxygens (including phenoxy) is 3. The van der Waals surface area contributed by atoms with E-state index in [1.165, 1.54) is 44.7 Å². The lowest BCUT2D eigenvalue weighted by molar-refractivity contribution is -0.140. The van der Waals surface area contributed by atoms with Gasteiger partial charge in [-0.2, -0.15) is 0 Å². The fourth-order valence-corrected chi connectivity index (χ4v) is 4.17. The number of methoxy groups -OCH3 is 3. The summed E-state index contributed by atoms with van der Waals surface area (Å²) < 4.78 is 15.6. The van der Waals surface area contributed by atoms with Crippen molar-refractivity contribution in [3.05, 3.63) is 57.3 Å². The number of hydrogen-bond acceptors (Lipinski definition) is 7. The van der Waals surface area contributed by atoms with Gasteiger partial charge in [0.2, 0.25) is 0 Å². The summed E-state index contributed by atoms with van der Waals surface area (Å²) >= 11 is 12.6. The Labute approximate surface area is 188 Å². The SMILES string of the molecule is COCCN1C(=O)C(=O)/C(=C(/O)c2cc(Cl)c(OC)c(Cl)c2OC)C1c1ccncc1. The number of halogens is 2. The van der Waals surface area contributed by atoms with Crippen molar-refractivity contribution in [1.29, 1.82) is 0 Å². The minimum atomic E-state index is -0.859. The first kappa shape index (κ1) is 22.9. The van der Waals surface area contributed by atoms with Crippen molar-refractivity contribution < 1.29 is 28.9 Å². The van der Waals surface area contributed by atoms with Crippen molar-refractivity contribution in [2.45, 2.75) is 6.04 Å². The van der Waals surface area contributed by atoms with E-state index in [2.05, 4.69) is 4.98 Å². The molecule has 10 heteroatoms. The minimum absolute atomic E-state index is 0.0214.